The maximum atomic E-state index is 11.8. The number of nitrogens with one attached hydrogen (secondary N) is 1. The van der Waals surface area contributed by atoms with Gasteiger partial charge in [0.15, 0.2) is 0 Å². The van der Waals surface area contributed by atoms with Gasteiger partial charge in [0.25, 0.3) is 5.91 Å². The Kier molecular flexibility index (Phi) is 4.50. The van der Waals surface area contributed by atoms with Crippen LogP contribution in [0.15, 0.2) is 10.8 Å². The van der Waals surface area contributed by atoms with Gasteiger partial charge in [0.1, 0.15) is 0 Å². The van der Waals surface area contributed by atoms with E-state index in [2.05, 4.69) is 5.32 Å². The van der Waals surface area contributed by atoms with Gasteiger partial charge in [0.2, 0.25) is 0 Å². The molecule has 2 N–H and O–H groups in total. The number of rotatable bonds is 5. The predicted molar refractivity (Wildman–Crippen MR) is 66.9 cm³/mol. The lowest BCUT2D eigenvalue weighted by Gasteiger charge is -2.22. The number of carbonyl (C=O) groups is 1. The van der Waals surface area contributed by atoms with E-state index in [9.17, 15) is 9.90 Å². The molecular formula is C12H19NO2S. The molecule has 1 heterocycles. The van der Waals surface area contributed by atoms with Gasteiger partial charge in [-0.2, -0.15) is 11.3 Å². The fourth-order valence-electron chi connectivity index (χ4n) is 1.59. The standard InChI is InChI=1S/C12H19NO2S/c1-4-5-12(3,15)8-13-11(14)10-7-16-6-9(10)2/h6-7,15H,4-5,8H2,1-3H3,(H,13,14). The molecule has 0 aromatic carbocycles. The van der Waals surface area contributed by atoms with Gasteiger partial charge < -0.3 is 10.4 Å². The molecule has 1 aromatic heterocycles. The fourth-order valence-corrected chi connectivity index (χ4v) is 2.41. The summed E-state index contributed by atoms with van der Waals surface area (Å²) in [6.45, 7) is 5.97. The molecule has 16 heavy (non-hydrogen) atoms. The maximum Gasteiger partial charge on any atom is 0.252 e. The van der Waals surface area contributed by atoms with Crippen LogP contribution in [-0.4, -0.2) is 23.2 Å². The van der Waals surface area contributed by atoms with Crippen LogP contribution >= 0.6 is 11.3 Å². The number of hydrogen-bond donors (Lipinski definition) is 2. The Balaban J connectivity index is 2.51. The van der Waals surface area contributed by atoms with Crippen molar-refractivity contribution in [3.05, 3.63) is 21.9 Å². The summed E-state index contributed by atoms with van der Waals surface area (Å²) in [6, 6.07) is 0. The SMILES string of the molecule is CCCC(C)(O)CNC(=O)c1cscc1C. The van der Waals surface area contributed by atoms with Crippen molar-refractivity contribution in [3.63, 3.8) is 0 Å². The molecule has 90 valence electrons. The van der Waals surface area contributed by atoms with Crippen LogP contribution in [-0.2, 0) is 0 Å². The lowest BCUT2D eigenvalue weighted by atomic mass is 10.0. The topological polar surface area (TPSA) is 49.3 Å². The first-order chi connectivity index (χ1) is 7.46. The lowest BCUT2D eigenvalue weighted by molar-refractivity contribution is 0.0469. The Hall–Kier alpha value is -0.870. The van der Waals surface area contributed by atoms with Crippen molar-refractivity contribution in [1.29, 1.82) is 0 Å². The molecule has 4 heteroatoms. The van der Waals surface area contributed by atoms with Crippen molar-refractivity contribution in [2.45, 2.75) is 39.2 Å². The third-order valence-corrected chi connectivity index (χ3v) is 3.38. The molecule has 0 aliphatic heterocycles. The summed E-state index contributed by atoms with van der Waals surface area (Å²) < 4.78 is 0. The summed E-state index contributed by atoms with van der Waals surface area (Å²) >= 11 is 1.51. The van der Waals surface area contributed by atoms with E-state index in [1.54, 1.807) is 6.92 Å². The van der Waals surface area contributed by atoms with Crippen LogP contribution in [0.5, 0.6) is 0 Å². The first kappa shape index (κ1) is 13.2. The van der Waals surface area contributed by atoms with Gasteiger partial charge in [0.05, 0.1) is 11.2 Å². The second-order valence-electron chi connectivity index (χ2n) is 4.40. The normalized spacial score (nSPS) is 14.5. The molecule has 1 rings (SSSR count). The highest BCUT2D eigenvalue weighted by Gasteiger charge is 2.20. The first-order valence-corrected chi connectivity index (χ1v) is 6.44. The summed E-state index contributed by atoms with van der Waals surface area (Å²) in [6.07, 6.45) is 1.59. The van der Waals surface area contributed by atoms with E-state index in [0.29, 0.717) is 18.5 Å². The highest BCUT2D eigenvalue weighted by molar-refractivity contribution is 7.08. The van der Waals surface area contributed by atoms with E-state index < -0.39 is 5.60 Å². The molecule has 0 saturated heterocycles. The van der Waals surface area contributed by atoms with E-state index in [1.807, 2.05) is 24.6 Å². The minimum Gasteiger partial charge on any atom is -0.388 e. The predicted octanol–water partition coefficient (Wildman–Crippen LogP) is 2.34. The molecule has 0 saturated carbocycles. The zero-order chi connectivity index (χ0) is 12.2. The van der Waals surface area contributed by atoms with E-state index in [1.165, 1.54) is 11.3 Å². The van der Waals surface area contributed by atoms with E-state index in [4.69, 9.17) is 0 Å². The Morgan fingerprint density at radius 3 is 2.75 bits per heavy atom. The van der Waals surface area contributed by atoms with Crippen molar-refractivity contribution >= 4 is 17.2 Å². The zero-order valence-electron chi connectivity index (χ0n) is 10.0. The molecule has 1 atom stereocenters. The van der Waals surface area contributed by atoms with Gasteiger partial charge in [-0.3, -0.25) is 4.79 Å². The average Bonchev–Trinajstić information content (AvgIpc) is 2.61. The van der Waals surface area contributed by atoms with Gasteiger partial charge in [-0.25, -0.2) is 0 Å². The second-order valence-corrected chi connectivity index (χ2v) is 5.14. The highest BCUT2D eigenvalue weighted by atomic mass is 32.1. The van der Waals surface area contributed by atoms with Crippen LogP contribution in [0.3, 0.4) is 0 Å². The van der Waals surface area contributed by atoms with Crippen LogP contribution in [0.1, 0.15) is 42.6 Å². The highest BCUT2D eigenvalue weighted by Crippen LogP contribution is 2.14. The molecule has 0 radical (unpaired) electrons. The van der Waals surface area contributed by atoms with Gasteiger partial charge in [-0.05, 0) is 31.2 Å². The number of amides is 1. The smallest absolute Gasteiger partial charge is 0.252 e. The summed E-state index contributed by atoms with van der Waals surface area (Å²) in [5.74, 6) is -0.102. The van der Waals surface area contributed by atoms with Crippen molar-refractivity contribution in [2.24, 2.45) is 0 Å². The summed E-state index contributed by atoms with van der Waals surface area (Å²) in [5, 5.41) is 16.5. The van der Waals surface area contributed by atoms with Crippen LogP contribution < -0.4 is 5.32 Å². The van der Waals surface area contributed by atoms with E-state index >= 15 is 0 Å². The van der Waals surface area contributed by atoms with Gasteiger partial charge in [-0.1, -0.05) is 13.3 Å². The molecule has 0 bridgehead atoms. The van der Waals surface area contributed by atoms with Crippen molar-refractivity contribution in [1.82, 2.24) is 5.32 Å². The summed E-state index contributed by atoms with van der Waals surface area (Å²) in [4.78, 5) is 11.8. The quantitative estimate of drug-likeness (QED) is 0.831. The number of carbonyl (C=O) groups excluding carboxylic acids is 1. The van der Waals surface area contributed by atoms with Crippen LogP contribution in [0.4, 0.5) is 0 Å². The van der Waals surface area contributed by atoms with Crippen molar-refractivity contribution in [3.8, 4) is 0 Å². The van der Waals surface area contributed by atoms with Crippen molar-refractivity contribution in [2.75, 3.05) is 6.54 Å². The summed E-state index contributed by atoms with van der Waals surface area (Å²) in [7, 11) is 0. The van der Waals surface area contributed by atoms with Crippen LogP contribution in [0, 0.1) is 6.92 Å². The zero-order valence-corrected chi connectivity index (χ0v) is 10.9. The molecule has 0 aliphatic carbocycles. The molecule has 3 nitrogen and oxygen atoms in total. The average molecular weight is 241 g/mol. The monoisotopic (exact) mass is 241 g/mol. The molecule has 1 aromatic rings. The second kappa shape index (κ2) is 5.46. The molecular weight excluding hydrogens is 222 g/mol. The van der Waals surface area contributed by atoms with Gasteiger partial charge in [-0.15, -0.1) is 0 Å². The third-order valence-electron chi connectivity index (χ3n) is 2.52. The van der Waals surface area contributed by atoms with Crippen molar-refractivity contribution < 1.29 is 9.90 Å². The molecule has 1 unspecified atom stereocenters. The Morgan fingerprint density at radius 1 is 1.56 bits per heavy atom. The minimum atomic E-state index is -0.811. The van der Waals surface area contributed by atoms with E-state index in [0.717, 1.165) is 12.0 Å². The van der Waals surface area contributed by atoms with Crippen LogP contribution in [0.2, 0.25) is 0 Å². The van der Waals surface area contributed by atoms with Gasteiger partial charge >= 0.3 is 0 Å². The minimum absolute atomic E-state index is 0.102. The lowest BCUT2D eigenvalue weighted by Crippen LogP contribution is -2.40. The molecule has 1 amide bonds. The largest absolute Gasteiger partial charge is 0.388 e. The number of hydrogen-bond acceptors (Lipinski definition) is 3. The summed E-state index contributed by atoms with van der Waals surface area (Å²) in [5.41, 5.74) is 0.879. The van der Waals surface area contributed by atoms with Gasteiger partial charge in [0, 0.05) is 11.9 Å². The third kappa shape index (κ3) is 3.61. The Bertz CT molecular complexity index is 358. The van der Waals surface area contributed by atoms with Crippen LogP contribution in [0.25, 0.3) is 0 Å². The number of aryl methyl sites for hydroxylation is 1. The number of thiophene rings is 1. The molecule has 0 spiro atoms. The first-order valence-electron chi connectivity index (χ1n) is 5.49. The molecule has 0 aliphatic rings. The molecule has 0 fully saturated rings. The number of aliphatic hydroxyl groups is 1. The Labute approximate surface area is 100 Å². The fraction of sp³-hybridized carbons (Fsp3) is 0.583. The maximum absolute atomic E-state index is 11.8. The Morgan fingerprint density at radius 2 is 2.25 bits per heavy atom. The van der Waals surface area contributed by atoms with E-state index in [-0.39, 0.29) is 5.91 Å².